The SMILES string of the molecule is COC(=O)Cc1ccccc1NC(=O)c1nc(-c2cccc(CN)c2)nc2c1CCC2.NCc1cccc(-c2nc3c(c(C(=O)Nc4ccccc4CC(=O)O)n2)CCC3)c1.[Li+].[OH-]. The fraction of sp³-hybridized carbons (Fsp3) is 0.234. The first kappa shape index (κ1) is 47.4. The number of hydrogen-bond donors (Lipinski definition) is 5. The molecule has 6 aromatic rings. The van der Waals surface area contributed by atoms with Crippen molar-refractivity contribution in [2.75, 3.05) is 17.7 Å². The Labute approximate surface area is 376 Å². The van der Waals surface area contributed by atoms with Gasteiger partial charge in [-0.15, -0.1) is 0 Å². The number of carbonyl (C=O) groups is 4. The number of para-hydroxylation sites is 2. The summed E-state index contributed by atoms with van der Waals surface area (Å²) in [6.07, 6.45) is 4.91. The molecule has 8 N–H and O–H groups in total. The number of amides is 2. The summed E-state index contributed by atoms with van der Waals surface area (Å²) in [5, 5.41) is 14.9. The van der Waals surface area contributed by atoms with Gasteiger partial charge in [0.1, 0.15) is 11.4 Å². The number of aryl methyl sites for hydroxylation is 2. The summed E-state index contributed by atoms with van der Waals surface area (Å²) in [6.45, 7) is 0.829. The van der Waals surface area contributed by atoms with E-state index in [0.717, 1.165) is 83.3 Å². The van der Waals surface area contributed by atoms with E-state index < -0.39 is 5.97 Å². The maximum Gasteiger partial charge on any atom is 1.00 e. The number of esters is 1. The molecule has 0 unspecified atom stereocenters. The van der Waals surface area contributed by atoms with Gasteiger partial charge in [0.15, 0.2) is 11.6 Å². The molecule has 0 fully saturated rings. The summed E-state index contributed by atoms with van der Waals surface area (Å²) in [5.74, 6) is -0.981. The van der Waals surface area contributed by atoms with Gasteiger partial charge in [-0.1, -0.05) is 72.8 Å². The van der Waals surface area contributed by atoms with Gasteiger partial charge < -0.3 is 37.4 Å². The van der Waals surface area contributed by atoms with Crippen LogP contribution in [-0.4, -0.2) is 61.4 Å². The topological polar surface area (TPSA) is 255 Å². The molecule has 0 saturated heterocycles. The van der Waals surface area contributed by atoms with Crippen molar-refractivity contribution in [3.63, 3.8) is 0 Å². The Morgan fingerprint density at radius 1 is 0.619 bits per heavy atom. The van der Waals surface area contributed by atoms with Crippen LogP contribution < -0.4 is 41.0 Å². The molecule has 0 saturated carbocycles. The molecule has 15 nitrogen and oxygen atoms in total. The van der Waals surface area contributed by atoms with Crippen molar-refractivity contribution >= 4 is 35.1 Å². The molecule has 2 amide bonds. The number of aromatic nitrogens is 4. The Balaban J connectivity index is 0.000000230. The minimum atomic E-state index is -0.957. The van der Waals surface area contributed by atoms with Gasteiger partial charge in [0, 0.05) is 58.1 Å². The van der Waals surface area contributed by atoms with Gasteiger partial charge in [-0.25, -0.2) is 19.9 Å². The van der Waals surface area contributed by atoms with E-state index in [-0.39, 0.29) is 55.0 Å². The number of carboxylic acids is 1. The second kappa shape index (κ2) is 22.0. The average Bonchev–Trinajstić information content (AvgIpc) is 3.97. The third-order valence-corrected chi connectivity index (χ3v) is 10.6. The molecule has 8 rings (SSSR count). The van der Waals surface area contributed by atoms with Crippen LogP contribution in [0.5, 0.6) is 0 Å². The number of nitrogens with zero attached hydrogens (tertiary/aromatic N) is 4. The first-order valence-corrected chi connectivity index (χ1v) is 20.1. The Kier molecular flexibility index (Phi) is 16.5. The van der Waals surface area contributed by atoms with Gasteiger partial charge in [-0.3, -0.25) is 19.2 Å². The number of ether oxygens (including phenoxy) is 1. The maximum absolute atomic E-state index is 13.3. The molecule has 0 aliphatic heterocycles. The van der Waals surface area contributed by atoms with E-state index in [1.807, 2.05) is 60.7 Å². The normalized spacial score (nSPS) is 12.0. The van der Waals surface area contributed by atoms with Crippen LogP contribution in [0, 0.1) is 0 Å². The third kappa shape index (κ3) is 11.5. The maximum atomic E-state index is 13.3. The fourth-order valence-corrected chi connectivity index (χ4v) is 7.52. The van der Waals surface area contributed by atoms with E-state index in [1.165, 1.54) is 7.11 Å². The minimum absolute atomic E-state index is 0. The molecule has 63 heavy (non-hydrogen) atoms. The zero-order valence-corrected chi connectivity index (χ0v) is 35.2. The van der Waals surface area contributed by atoms with Gasteiger partial charge in [0.25, 0.3) is 11.8 Å². The molecule has 0 atom stereocenters. The summed E-state index contributed by atoms with van der Waals surface area (Å²) in [6, 6.07) is 29.5. The zero-order chi connectivity index (χ0) is 42.9. The predicted molar refractivity (Wildman–Crippen MR) is 233 cm³/mol. The Morgan fingerprint density at radius 2 is 1.06 bits per heavy atom. The molecule has 0 spiro atoms. The molecule has 0 radical (unpaired) electrons. The van der Waals surface area contributed by atoms with Gasteiger partial charge in [-0.2, -0.15) is 0 Å². The standard InChI is InChI=1S/C24H24N4O3.C23H22N4O3.Li.H2O/c1-31-21(29)13-16-7-2-3-10-19(16)27-24(30)22-18-9-5-11-20(18)26-23(28-22)17-8-4-6-15(12-17)14-25;24-13-14-5-3-7-16(11-14)22-25-19-10-4-8-17(19)21(27-22)23(30)26-18-9-2-1-6-15(18)12-20(28)29;;/h2-4,6-8,10,12H,5,9,11,13-14,25H2,1H3,(H,27,30);1-3,5-7,9,11H,4,8,10,12-13,24H2,(H,26,30)(H,28,29);;1H2/q;;+1;/p-1. The van der Waals surface area contributed by atoms with Crippen LogP contribution in [0.15, 0.2) is 97.1 Å². The van der Waals surface area contributed by atoms with Crippen LogP contribution in [-0.2, 0) is 65.9 Å². The second-order valence-electron chi connectivity index (χ2n) is 14.7. The monoisotopic (exact) mass is 842 g/mol. The van der Waals surface area contributed by atoms with E-state index in [9.17, 15) is 19.2 Å². The molecule has 16 heteroatoms. The molecule has 2 aliphatic carbocycles. The van der Waals surface area contributed by atoms with Crippen LogP contribution in [0.2, 0.25) is 0 Å². The smallest absolute Gasteiger partial charge is 0.870 e. The molecule has 4 aromatic carbocycles. The number of hydrogen-bond acceptors (Lipinski definition) is 12. The van der Waals surface area contributed by atoms with Gasteiger partial charge in [0.2, 0.25) is 0 Å². The number of anilines is 2. The molecular formula is C47H47LiN8O7. The number of aliphatic carboxylic acids is 1. The van der Waals surface area contributed by atoms with Gasteiger partial charge >= 0.3 is 30.8 Å². The molecule has 2 heterocycles. The van der Waals surface area contributed by atoms with Crippen molar-refractivity contribution in [1.29, 1.82) is 0 Å². The number of benzene rings is 4. The minimum Gasteiger partial charge on any atom is -0.870 e. The van der Waals surface area contributed by atoms with E-state index in [0.29, 0.717) is 58.6 Å². The Morgan fingerprint density at radius 3 is 1.49 bits per heavy atom. The summed E-state index contributed by atoms with van der Waals surface area (Å²) in [7, 11) is 1.34. The molecule has 2 aromatic heterocycles. The third-order valence-electron chi connectivity index (χ3n) is 10.6. The summed E-state index contributed by atoms with van der Waals surface area (Å²) >= 11 is 0. The van der Waals surface area contributed by atoms with E-state index >= 15 is 0 Å². The first-order chi connectivity index (χ1) is 29.6. The van der Waals surface area contributed by atoms with Crippen molar-refractivity contribution in [2.24, 2.45) is 11.5 Å². The summed E-state index contributed by atoms with van der Waals surface area (Å²) in [5.41, 5.74) is 21.7. The van der Waals surface area contributed by atoms with Crippen molar-refractivity contribution in [2.45, 2.75) is 64.5 Å². The zero-order valence-electron chi connectivity index (χ0n) is 35.2. The van der Waals surface area contributed by atoms with Crippen molar-refractivity contribution in [3.8, 4) is 22.8 Å². The number of nitrogens with two attached hydrogens (primary N) is 2. The number of methoxy groups -OCH3 is 1. The molecule has 318 valence electrons. The molecule has 0 bridgehead atoms. The predicted octanol–water partition coefficient (Wildman–Crippen LogP) is 2.86. The average molecular weight is 843 g/mol. The molecule has 2 aliphatic rings. The van der Waals surface area contributed by atoms with Crippen molar-refractivity contribution in [3.05, 3.63) is 153 Å². The number of rotatable bonds is 12. The Hall–Kier alpha value is -6.60. The van der Waals surface area contributed by atoms with Gasteiger partial charge in [0.05, 0.1) is 20.0 Å². The van der Waals surface area contributed by atoms with E-state index in [4.69, 9.17) is 31.3 Å². The van der Waals surface area contributed by atoms with Crippen LogP contribution in [0.1, 0.15) is 78.6 Å². The van der Waals surface area contributed by atoms with Crippen LogP contribution in [0.4, 0.5) is 11.4 Å². The molecular weight excluding hydrogens is 796 g/mol. The Bertz CT molecular complexity index is 2640. The summed E-state index contributed by atoms with van der Waals surface area (Å²) in [4.78, 5) is 67.9. The number of fused-ring (bicyclic) bond motifs is 2. The summed E-state index contributed by atoms with van der Waals surface area (Å²) < 4.78 is 4.76. The van der Waals surface area contributed by atoms with Crippen molar-refractivity contribution < 1.29 is 53.4 Å². The van der Waals surface area contributed by atoms with E-state index in [2.05, 4.69) is 20.6 Å². The van der Waals surface area contributed by atoms with Crippen LogP contribution >= 0.6 is 0 Å². The number of carbonyl (C=O) groups excluding carboxylic acids is 3. The number of carboxylic acid groups (broad SMARTS) is 1. The second-order valence-corrected chi connectivity index (χ2v) is 14.7. The van der Waals surface area contributed by atoms with Crippen LogP contribution in [0.3, 0.4) is 0 Å². The first-order valence-electron chi connectivity index (χ1n) is 20.1. The quantitative estimate of drug-likeness (QED) is 0.0879. The van der Waals surface area contributed by atoms with Gasteiger partial charge in [-0.05, 0) is 85.0 Å². The number of nitrogens with one attached hydrogen (secondary N) is 2. The van der Waals surface area contributed by atoms with E-state index in [1.54, 1.807) is 36.4 Å². The fourth-order valence-electron chi connectivity index (χ4n) is 7.52. The largest absolute Gasteiger partial charge is 1.00 e. The van der Waals surface area contributed by atoms with Crippen LogP contribution in [0.25, 0.3) is 22.8 Å². The van der Waals surface area contributed by atoms with Crippen molar-refractivity contribution in [1.82, 2.24) is 19.9 Å².